The fourth-order valence-corrected chi connectivity index (χ4v) is 2.24. The van der Waals surface area contributed by atoms with Gasteiger partial charge in [-0.25, -0.2) is 0 Å². The van der Waals surface area contributed by atoms with Gasteiger partial charge >= 0.3 is 0 Å². The van der Waals surface area contributed by atoms with Gasteiger partial charge in [-0.2, -0.15) is 0 Å². The second kappa shape index (κ2) is 8.95. The van der Waals surface area contributed by atoms with Crippen molar-refractivity contribution in [2.45, 2.75) is 59.4 Å². The molecule has 0 aliphatic carbocycles. The summed E-state index contributed by atoms with van der Waals surface area (Å²) in [6.07, 6.45) is 1.63. The summed E-state index contributed by atoms with van der Waals surface area (Å²) in [5, 5.41) is 5.73. The summed E-state index contributed by atoms with van der Waals surface area (Å²) in [6, 6.07) is 0. The van der Waals surface area contributed by atoms with E-state index in [0.717, 1.165) is 6.42 Å². The Morgan fingerprint density at radius 3 is 2.15 bits per heavy atom. The molecule has 0 rings (SSSR count). The first-order chi connectivity index (χ1) is 9.18. The third-order valence-corrected chi connectivity index (χ3v) is 3.02. The lowest BCUT2D eigenvalue weighted by Gasteiger charge is -2.31. The van der Waals surface area contributed by atoms with Gasteiger partial charge in [0.25, 0.3) is 0 Å². The molecule has 118 valence electrons. The molecule has 0 spiro atoms. The maximum Gasteiger partial charge on any atom is 0.222 e. The van der Waals surface area contributed by atoms with Crippen LogP contribution in [-0.4, -0.2) is 30.4 Å². The third-order valence-electron chi connectivity index (χ3n) is 3.02. The maximum atomic E-state index is 11.9. The lowest BCUT2D eigenvalue weighted by molar-refractivity contribution is -0.123. The molecule has 0 heterocycles. The van der Waals surface area contributed by atoms with E-state index in [1.807, 2.05) is 20.8 Å². The zero-order valence-corrected chi connectivity index (χ0v) is 13.6. The molecular formula is C15H31N3O2. The van der Waals surface area contributed by atoms with Gasteiger partial charge in [0.15, 0.2) is 0 Å². The largest absolute Gasteiger partial charge is 0.356 e. The molecule has 0 aromatic rings. The van der Waals surface area contributed by atoms with Crippen LogP contribution in [0.2, 0.25) is 0 Å². The van der Waals surface area contributed by atoms with Crippen molar-refractivity contribution in [1.82, 2.24) is 10.6 Å². The average Bonchev–Trinajstić information content (AvgIpc) is 2.26. The topological polar surface area (TPSA) is 84.2 Å². The predicted octanol–water partition coefficient (Wildman–Crippen LogP) is 1.42. The Morgan fingerprint density at radius 1 is 1.10 bits per heavy atom. The molecule has 0 saturated heterocycles. The normalized spacial score (nSPS) is 14.2. The smallest absolute Gasteiger partial charge is 0.222 e. The molecule has 0 aliphatic heterocycles. The van der Waals surface area contributed by atoms with Gasteiger partial charge in [-0.3, -0.25) is 9.59 Å². The van der Waals surface area contributed by atoms with Gasteiger partial charge in [0.05, 0.1) is 0 Å². The Morgan fingerprint density at radius 2 is 1.70 bits per heavy atom. The van der Waals surface area contributed by atoms with Crippen LogP contribution in [-0.2, 0) is 9.59 Å². The van der Waals surface area contributed by atoms with Crippen molar-refractivity contribution in [3.05, 3.63) is 0 Å². The van der Waals surface area contributed by atoms with Gasteiger partial charge in [-0.1, -0.05) is 27.7 Å². The minimum Gasteiger partial charge on any atom is -0.356 e. The van der Waals surface area contributed by atoms with Crippen molar-refractivity contribution in [2.75, 3.05) is 13.1 Å². The minimum atomic E-state index is -0.368. The van der Waals surface area contributed by atoms with E-state index in [9.17, 15) is 9.59 Å². The van der Waals surface area contributed by atoms with Gasteiger partial charge in [0.2, 0.25) is 11.8 Å². The standard InChI is InChI=1S/C15H31N3O2/c1-11(2)8-14(20)17-7-6-13(19)18-15(5,10-16)9-12(3)4/h11-12H,6-10,16H2,1-5H3,(H,17,20)(H,18,19). The van der Waals surface area contributed by atoms with Gasteiger partial charge in [-0.05, 0) is 25.2 Å². The molecule has 0 bridgehead atoms. The van der Waals surface area contributed by atoms with Gasteiger partial charge in [-0.15, -0.1) is 0 Å². The van der Waals surface area contributed by atoms with Crippen LogP contribution in [0.25, 0.3) is 0 Å². The maximum absolute atomic E-state index is 11.9. The van der Waals surface area contributed by atoms with Crippen LogP contribution in [0.5, 0.6) is 0 Å². The van der Waals surface area contributed by atoms with Crippen molar-refractivity contribution in [2.24, 2.45) is 17.6 Å². The van der Waals surface area contributed by atoms with Gasteiger partial charge in [0.1, 0.15) is 0 Å². The zero-order valence-electron chi connectivity index (χ0n) is 13.6. The molecule has 5 nitrogen and oxygen atoms in total. The quantitative estimate of drug-likeness (QED) is 0.599. The lowest BCUT2D eigenvalue weighted by Crippen LogP contribution is -2.52. The Balaban J connectivity index is 4.06. The molecule has 5 heteroatoms. The number of nitrogens with two attached hydrogens (primary N) is 1. The molecule has 0 aliphatic rings. The summed E-state index contributed by atoms with van der Waals surface area (Å²) in [6.45, 7) is 10.9. The van der Waals surface area contributed by atoms with Crippen LogP contribution in [0, 0.1) is 11.8 Å². The van der Waals surface area contributed by atoms with Crippen molar-refractivity contribution >= 4 is 11.8 Å². The lowest BCUT2D eigenvalue weighted by atomic mass is 9.90. The van der Waals surface area contributed by atoms with Gasteiger partial charge in [0, 0.05) is 31.5 Å². The average molecular weight is 285 g/mol. The Hall–Kier alpha value is -1.10. The van der Waals surface area contributed by atoms with Crippen molar-refractivity contribution < 1.29 is 9.59 Å². The van der Waals surface area contributed by atoms with Crippen molar-refractivity contribution in [3.63, 3.8) is 0 Å². The van der Waals surface area contributed by atoms with E-state index in [2.05, 4.69) is 24.5 Å². The van der Waals surface area contributed by atoms with E-state index in [1.165, 1.54) is 0 Å². The van der Waals surface area contributed by atoms with E-state index in [1.54, 1.807) is 0 Å². The third kappa shape index (κ3) is 8.91. The molecule has 0 saturated carbocycles. The van der Waals surface area contributed by atoms with Crippen LogP contribution in [0.1, 0.15) is 53.9 Å². The number of carbonyl (C=O) groups excluding carboxylic acids is 2. The molecule has 0 aromatic carbocycles. The fraction of sp³-hybridized carbons (Fsp3) is 0.867. The van der Waals surface area contributed by atoms with E-state index in [0.29, 0.717) is 31.3 Å². The highest BCUT2D eigenvalue weighted by Crippen LogP contribution is 2.15. The fourth-order valence-electron chi connectivity index (χ4n) is 2.24. The summed E-state index contributed by atoms with van der Waals surface area (Å²) in [4.78, 5) is 23.3. The molecule has 0 radical (unpaired) electrons. The molecular weight excluding hydrogens is 254 g/mol. The highest BCUT2D eigenvalue weighted by atomic mass is 16.2. The molecule has 1 unspecified atom stereocenters. The monoisotopic (exact) mass is 285 g/mol. The van der Waals surface area contributed by atoms with E-state index >= 15 is 0 Å². The summed E-state index contributed by atoms with van der Waals surface area (Å²) in [7, 11) is 0. The number of rotatable bonds is 9. The molecule has 1 atom stereocenters. The number of hydrogen-bond donors (Lipinski definition) is 3. The van der Waals surface area contributed by atoms with E-state index < -0.39 is 0 Å². The Bertz CT molecular complexity index is 316. The SMILES string of the molecule is CC(C)CC(=O)NCCC(=O)NC(C)(CN)CC(C)C. The molecule has 4 N–H and O–H groups in total. The first-order valence-corrected chi connectivity index (χ1v) is 7.46. The second-order valence-corrected chi connectivity index (χ2v) is 6.61. The van der Waals surface area contributed by atoms with Crippen molar-refractivity contribution in [1.29, 1.82) is 0 Å². The summed E-state index contributed by atoms with van der Waals surface area (Å²) in [5.74, 6) is 0.727. The Kier molecular flexibility index (Phi) is 8.46. The van der Waals surface area contributed by atoms with Crippen LogP contribution < -0.4 is 16.4 Å². The highest BCUT2D eigenvalue weighted by molar-refractivity contribution is 5.79. The predicted molar refractivity (Wildman–Crippen MR) is 82.1 cm³/mol. The first-order valence-electron chi connectivity index (χ1n) is 7.46. The highest BCUT2D eigenvalue weighted by Gasteiger charge is 2.25. The number of carbonyl (C=O) groups is 2. The van der Waals surface area contributed by atoms with E-state index in [4.69, 9.17) is 5.73 Å². The van der Waals surface area contributed by atoms with E-state index in [-0.39, 0.29) is 23.8 Å². The second-order valence-electron chi connectivity index (χ2n) is 6.61. The molecule has 20 heavy (non-hydrogen) atoms. The van der Waals surface area contributed by atoms with Crippen LogP contribution in [0.15, 0.2) is 0 Å². The number of amides is 2. The first kappa shape index (κ1) is 18.9. The number of hydrogen-bond acceptors (Lipinski definition) is 3. The van der Waals surface area contributed by atoms with Crippen molar-refractivity contribution in [3.8, 4) is 0 Å². The van der Waals surface area contributed by atoms with Gasteiger partial charge < -0.3 is 16.4 Å². The molecule has 2 amide bonds. The summed E-state index contributed by atoms with van der Waals surface area (Å²) in [5.41, 5.74) is 5.38. The number of nitrogens with one attached hydrogen (secondary N) is 2. The minimum absolute atomic E-state index is 0.00318. The van der Waals surface area contributed by atoms with Crippen LogP contribution >= 0.6 is 0 Å². The van der Waals surface area contributed by atoms with Crippen LogP contribution in [0.3, 0.4) is 0 Å². The Labute approximate surface area is 123 Å². The summed E-state index contributed by atoms with van der Waals surface area (Å²) >= 11 is 0. The zero-order chi connectivity index (χ0) is 15.8. The van der Waals surface area contributed by atoms with Crippen LogP contribution in [0.4, 0.5) is 0 Å². The molecule has 0 fully saturated rings. The molecule has 0 aromatic heterocycles. The summed E-state index contributed by atoms with van der Waals surface area (Å²) < 4.78 is 0.